The van der Waals surface area contributed by atoms with Gasteiger partial charge in [0.15, 0.2) is 0 Å². The molecule has 0 saturated carbocycles. The van der Waals surface area contributed by atoms with Crippen LogP contribution in [0.1, 0.15) is 6.92 Å². The van der Waals surface area contributed by atoms with E-state index in [0.29, 0.717) is 11.6 Å². The molecule has 0 aliphatic rings. The molecule has 0 bridgehead atoms. The molecule has 1 rings (SSSR count). The Bertz CT molecular complexity index is 405. The summed E-state index contributed by atoms with van der Waals surface area (Å²) in [6.45, 7) is 2.34. The molecule has 0 N–H and O–H groups in total. The number of hydrogen-bond donors (Lipinski definition) is 1. The molecular formula is C7H10N2O2S. The second kappa shape index (κ2) is 3.18. The molecule has 12 heavy (non-hydrogen) atoms. The SMILES string of the molecule is CCn1c(S)cc(=O)n(C)c1=O. The van der Waals surface area contributed by atoms with Gasteiger partial charge in [0.25, 0.3) is 5.56 Å². The molecule has 0 atom stereocenters. The highest BCUT2D eigenvalue weighted by Crippen LogP contribution is 1.97. The highest BCUT2D eigenvalue weighted by molar-refractivity contribution is 7.80. The largest absolute Gasteiger partial charge is 0.331 e. The van der Waals surface area contributed by atoms with Crippen LogP contribution >= 0.6 is 12.6 Å². The molecule has 0 radical (unpaired) electrons. The Kier molecular flexibility index (Phi) is 2.42. The first-order valence-electron chi connectivity index (χ1n) is 3.57. The average Bonchev–Trinajstić information content (AvgIpc) is 2.01. The van der Waals surface area contributed by atoms with Crippen LogP contribution in [0.3, 0.4) is 0 Å². The lowest BCUT2D eigenvalue weighted by Gasteiger charge is -2.06. The van der Waals surface area contributed by atoms with Crippen molar-refractivity contribution in [3.8, 4) is 0 Å². The zero-order valence-electron chi connectivity index (χ0n) is 6.94. The van der Waals surface area contributed by atoms with Crippen LogP contribution in [-0.2, 0) is 13.6 Å². The molecule has 1 heterocycles. The summed E-state index contributed by atoms with van der Waals surface area (Å²) in [4.78, 5) is 22.3. The van der Waals surface area contributed by atoms with E-state index in [1.54, 1.807) is 0 Å². The molecule has 0 aromatic carbocycles. The highest BCUT2D eigenvalue weighted by atomic mass is 32.1. The monoisotopic (exact) mass is 186 g/mol. The molecule has 0 aliphatic carbocycles. The fraction of sp³-hybridized carbons (Fsp3) is 0.429. The molecule has 1 aromatic heterocycles. The number of aromatic nitrogens is 2. The Morgan fingerprint density at radius 1 is 1.50 bits per heavy atom. The summed E-state index contributed by atoms with van der Waals surface area (Å²) in [5.41, 5.74) is -0.648. The van der Waals surface area contributed by atoms with Gasteiger partial charge in [0, 0.05) is 19.7 Å². The van der Waals surface area contributed by atoms with Crippen LogP contribution < -0.4 is 11.2 Å². The van der Waals surface area contributed by atoms with Crippen molar-refractivity contribution >= 4 is 12.6 Å². The van der Waals surface area contributed by atoms with Crippen molar-refractivity contribution in [2.45, 2.75) is 18.5 Å². The minimum absolute atomic E-state index is 0.324. The predicted molar refractivity (Wildman–Crippen MR) is 48.9 cm³/mol. The smallest absolute Gasteiger partial charge is 0.288 e. The molecule has 5 heteroatoms. The van der Waals surface area contributed by atoms with E-state index in [-0.39, 0.29) is 11.2 Å². The molecule has 66 valence electrons. The third kappa shape index (κ3) is 1.32. The summed E-state index contributed by atoms with van der Waals surface area (Å²) in [6.07, 6.45) is 0. The van der Waals surface area contributed by atoms with Crippen molar-refractivity contribution in [1.82, 2.24) is 9.13 Å². The van der Waals surface area contributed by atoms with Crippen molar-refractivity contribution in [1.29, 1.82) is 0 Å². The first kappa shape index (κ1) is 9.12. The Balaban J connectivity index is 3.63. The van der Waals surface area contributed by atoms with Crippen LogP contribution in [0.15, 0.2) is 20.7 Å². The lowest BCUT2D eigenvalue weighted by atomic mass is 10.6. The lowest BCUT2D eigenvalue weighted by molar-refractivity contribution is 0.580. The zero-order chi connectivity index (χ0) is 9.30. The lowest BCUT2D eigenvalue weighted by Crippen LogP contribution is -2.37. The minimum Gasteiger partial charge on any atom is -0.288 e. The van der Waals surface area contributed by atoms with Gasteiger partial charge in [-0.1, -0.05) is 0 Å². The van der Waals surface area contributed by atoms with Crippen molar-refractivity contribution in [3.63, 3.8) is 0 Å². The average molecular weight is 186 g/mol. The second-order valence-corrected chi connectivity index (χ2v) is 2.88. The maximum Gasteiger partial charge on any atom is 0.331 e. The van der Waals surface area contributed by atoms with E-state index in [1.165, 1.54) is 17.7 Å². The Labute approximate surface area is 74.9 Å². The van der Waals surface area contributed by atoms with E-state index >= 15 is 0 Å². The van der Waals surface area contributed by atoms with E-state index in [4.69, 9.17) is 0 Å². The molecule has 1 aromatic rings. The second-order valence-electron chi connectivity index (χ2n) is 2.43. The Hall–Kier alpha value is -0.970. The predicted octanol–water partition coefficient (Wildman–Crippen LogP) is -0.144. The van der Waals surface area contributed by atoms with Crippen LogP contribution in [0.5, 0.6) is 0 Å². The molecule has 0 amide bonds. The normalized spacial score (nSPS) is 10.2. The first-order chi connectivity index (χ1) is 5.57. The summed E-state index contributed by atoms with van der Waals surface area (Å²) in [7, 11) is 1.45. The molecule has 0 spiro atoms. The highest BCUT2D eigenvalue weighted by Gasteiger charge is 2.03. The topological polar surface area (TPSA) is 44.0 Å². The number of rotatable bonds is 1. The van der Waals surface area contributed by atoms with Gasteiger partial charge < -0.3 is 0 Å². The molecule has 0 aliphatic heterocycles. The van der Waals surface area contributed by atoms with Crippen LogP contribution in [0.2, 0.25) is 0 Å². The van der Waals surface area contributed by atoms with Gasteiger partial charge in [0.1, 0.15) is 0 Å². The molecule has 0 unspecified atom stereocenters. The van der Waals surface area contributed by atoms with Gasteiger partial charge in [-0.05, 0) is 6.92 Å². The van der Waals surface area contributed by atoms with Gasteiger partial charge in [-0.2, -0.15) is 0 Å². The first-order valence-corrected chi connectivity index (χ1v) is 4.02. The Morgan fingerprint density at radius 3 is 2.58 bits per heavy atom. The van der Waals surface area contributed by atoms with E-state index < -0.39 is 0 Å². The number of nitrogens with zero attached hydrogens (tertiary/aromatic N) is 2. The van der Waals surface area contributed by atoms with Gasteiger partial charge in [0.2, 0.25) is 0 Å². The standard InChI is InChI=1S/C7H10N2O2S/c1-3-9-6(12)4-5(10)8(2)7(9)11/h4,12H,3H2,1-2H3. The van der Waals surface area contributed by atoms with Gasteiger partial charge in [-0.25, -0.2) is 4.79 Å². The van der Waals surface area contributed by atoms with Gasteiger partial charge >= 0.3 is 5.69 Å². The van der Waals surface area contributed by atoms with Crippen LogP contribution in [0, 0.1) is 0 Å². The third-order valence-corrected chi connectivity index (χ3v) is 2.06. The zero-order valence-corrected chi connectivity index (χ0v) is 7.84. The van der Waals surface area contributed by atoms with Gasteiger partial charge in [0.05, 0.1) is 5.03 Å². The summed E-state index contributed by atoms with van der Waals surface area (Å²) in [6, 6.07) is 1.33. The summed E-state index contributed by atoms with van der Waals surface area (Å²) >= 11 is 4.01. The fourth-order valence-corrected chi connectivity index (χ4v) is 1.29. The van der Waals surface area contributed by atoms with E-state index in [2.05, 4.69) is 12.6 Å². The maximum atomic E-state index is 11.3. The molecule has 4 nitrogen and oxygen atoms in total. The molecular weight excluding hydrogens is 176 g/mol. The molecule has 0 fully saturated rings. The van der Waals surface area contributed by atoms with Crippen LogP contribution in [0.25, 0.3) is 0 Å². The third-order valence-electron chi connectivity index (χ3n) is 1.69. The van der Waals surface area contributed by atoms with E-state index in [9.17, 15) is 9.59 Å². The van der Waals surface area contributed by atoms with Gasteiger partial charge in [-0.15, -0.1) is 12.6 Å². The van der Waals surface area contributed by atoms with Crippen LogP contribution in [-0.4, -0.2) is 9.13 Å². The summed E-state index contributed by atoms with van der Waals surface area (Å²) < 4.78 is 2.48. The Morgan fingerprint density at radius 2 is 2.08 bits per heavy atom. The minimum atomic E-state index is -0.324. The number of thiol groups is 1. The molecule has 0 saturated heterocycles. The van der Waals surface area contributed by atoms with E-state index in [0.717, 1.165) is 4.57 Å². The van der Waals surface area contributed by atoms with Crippen molar-refractivity contribution in [2.24, 2.45) is 7.05 Å². The van der Waals surface area contributed by atoms with Crippen molar-refractivity contribution in [2.75, 3.05) is 0 Å². The quantitative estimate of drug-likeness (QED) is 0.490. The van der Waals surface area contributed by atoms with Crippen molar-refractivity contribution in [3.05, 3.63) is 26.9 Å². The van der Waals surface area contributed by atoms with Crippen molar-refractivity contribution < 1.29 is 0 Å². The maximum absolute atomic E-state index is 11.3. The van der Waals surface area contributed by atoms with Crippen LogP contribution in [0.4, 0.5) is 0 Å². The summed E-state index contributed by atoms with van der Waals surface area (Å²) in [5.74, 6) is 0. The summed E-state index contributed by atoms with van der Waals surface area (Å²) in [5, 5.41) is 0.408. The fourth-order valence-electron chi connectivity index (χ4n) is 0.956. The number of hydrogen-bond acceptors (Lipinski definition) is 3. The van der Waals surface area contributed by atoms with Gasteiger partial charge in [-0.3, -0.25) is 13.9 Å². The van der Waals surface area contributed by atoms with E-state index in [1.807, 2.05) is 6.92 Å².